The second-order valence-electron chi connectivity index (χ2n) is 4.79. The summed E-state index contributed by atoms with van der Waals surface area (Å²) in [6.07, 6.45) is 0. The van der Waals surface area contributed by atoms with Gasteiger partial charge in [-0.3, -0.25) is 9.78 Å². The molecular weight excluding hydrogens is 338 g/mol. The number of nitrogens with two attached hydrogens (primary N) is 1. The standard InChI is InChI=1S/C15H19N3O3S.ClH/c1-9-6-13(21-3)10(7-12(9)20-2)11-8-14(19)17-15(22)18(11)5-4-16;/h6-8H,4-5,16H2,1-3H3,(H,17,19,22);1H. The molecule has 0 spiro atoms. The fourth-order valence-corrected chi connectivity index (χ4v) is 2.64. The molecule has 0 bridgehead atoms. The zero-order valence-corrected chi connectivity index (χ0v) is 14.8. The molecule has 2 aromatic rings. The highest BCUT2D eigenvalue weighted by Gasteiger charge is 2.14. The molecule has 0 aliphatic carbocycles. The van der Waals surface area contributed by atoms with E-state index in [0.717, 1.165) is 11.1 Å². The first-order valence-corrected chi connectivity index (χ1v) is 7.19. The van der Waals surface area contributed by atoms with Crippen molar-refractivity contribution in [3.05, 3.63) is 38.9 Å². The van der Waals surface area contributed by atoms with E-state index in [0.29, 0.717) is 35.1 Å². The van der Waals surface area contributed by atoms with E-state index < -0.39 is 0 Å². The molecule has 2 rings (SSSR count). The summed E-state index contributed by atoms with van der Waals surface area (Å²) in [7, 11) is 3.18. The first-order valence-electron chi connectivity index (χ1n) is 6.79. The number of nitrogens with one attached hydrogen (secondary N) is 1. The second-order valence-corrected chi connectivity index (χ2v) is 5.17. The molecule has 0 radical (unpaired) electrons. The molecule has 6 nitrogen and oxygen atoms in total. The predicted octanol–water partition coefficient (Wildman–Crippen LogP) is 2.28. The Morgan fingerprint density at radius 2 is 1.87 bits per heavy atom. The van der Waals surface area contributed by atoms with Crippen LogP contribution in [0.25, 0.3) is 11.3 Å². The maximum Gasteiger partial charge on any atom is 0.252 e. The number of benzene rings is 1. The Labute approximate surface area is 145 Å². The zero-order chi connectivity index (χ0) is 16.3. The Kier molecular flexibility index (Phi) is 6.80. The van der Waals surface area contributed by atoms with Crippen molar-refractivity contribution in [2.45, 2.75) is 13.5 Å². The van der Waals surface area contributed by atoms with Crippen molar-refractivity contribution < 1.29 is 9.47 Å². The lowest BCUT2D eigenvalue weighted by Gasteiger charge is -2.17. The van der Waals surface area contributed by atoms with Crippen molar-refractivity contribution in [2.75, 3.05) is 20.8 Å². The summed E-state index contributed by atoms with van der Waals surface area (Å²) < 4.78 is 12.9. The topological polar surface area (TPSA) is 82.3 Å². The molecule has 0 saturated heterocycles. The van der Waals surface area contributed by atoms with Gasteiger partial charge in [0, 0.05) is 24.7 Å². The van der Waals surface area contributed by atoms with Gasteiger partial charge < -0.3 is 19.8 Å². The first-order chi connectivity index (χ1) is 10.5. The molecule has 0 aliphatic rings. The minimum atomic E-state index is -0.269. The highest BCUT2D eigenvalue weighted by molar-refractivity contribution is 7.71. The van der Waals surface area contributed by atoms with Crippen LogP contribution in [-0.4, -0.2) is 30.3 Å². The molecule has 1 aromatic carbocycles. The lowest BCUT2D eigenvalue weighted by molar-refractivity contribution is 0.401. The molecule has 126 valence electrons. The van der Waals surface area contributed by atoms with Crippen LogP contribution < -0.4 is 20.8 Å². The monoisotopic (exact) mass is 357 g/mol. The lowest BCUT2D eigenvalue weighted by atomic mass is 10.1. The number of nitrogens with zero attached hydrogens (tertiary/aromatic N) is 1. The van der Waals surface area contributed by atoms with Crippen LogP contribution in [0.15, 0.2) is 23.0 Å². The van der Waals surface area contributed by atoms with Crippen LogP contribution in [0.2, 0.25) is 0 Å². The van der Waals surface area contributed by atoms with Crippen LogP contribution in [0.3, 0.4) is 0 Å². The van der Waals surface area contributed by atoms with Gasteiger partial charge >= 0.3 is 0 Å². The number of aromatic amines is 1. The second kappa shape index (κ2) is 8.14. The largest absolute Gasteiger partial charge is 0.496 e. The van der Waals surface area contributed by atoms with E-state index in [9.17, 15) is 4.79 Å². The number of hydrogen-bond donors (Lipinski definition) is 2. The summed E-state index contributed by atoms with van der Waals surface area (Å²) in [4.78, 5) is 14.4. The van der Waals surface area contributed by atoms with Crippen LogP contribution in [0.4, 0.5) is 0 Å². The minimum Gasteiger partial charge on any atom is -0.496 e. The van der Waals surface area contributed by atoms with Crippen molar-refractivity contribution >= 4 is 24.6 Å². The Morgan fingerprint density at radius 1 is 1.22 bits per heavy atom. The molecule has 23 heavy (non-hydrogen) atoms. The third-order valence-corrected chi connectivity index (χ3v) is 3.70. The van der Waals surface area contributed by atoms with Gasteiger partial charge in [0.15, 0.2) is 4.77 Å². The van der Waals surface area contributed by atoms with Crippen LogP contribution in [0.1, 0.15) is 5.56 Å². The van der Waals surface area contributed by atoms with Crippen molar-refractivity contribution in [1.29, 1.82) is 0 Å². The van der Waals surface area contributed by atoms with E-state index >= 15 is 0 Å². The Bertz CT molecular complexity index is 802. The van der Waals surface area contributed by atoms with Gasteiger partial charge in [-0.1, -0.05) is 0 Å². The van der Waals surface area contributed by atoms with Gasteiger partial charge in [-0.25, -0.2) is 0 Å². The van der Waals surface area contributed by atoms with E-state index in [4.69, 9.17) is 27.4 Å². The molecule has 1 aromatic heterocycles. The van der Waals surface area contributed by atoms with Crippen LogP contribution >= 0.6 is 24.6 Å². The van der Waals surface area contributed by atoms with Crippen LogP contribution in [0, 0.1) is 11.7 Å². The molecule has 0 fully saturated rings. The number of aryl methyl sites for hydroxylation is 1. The van der Waals surface area contributed by atoms with E-state index in [1.54, 1.807) is 18.8 Å². The van der Waals surface area contributed by atoms with Crippen molar-refractivity contribution in [3.8, 4) is 22.8 Å². The highest BCUT2D eigenvalue weighted by atomic mass is 35.5. The van der Waals surface area contributed by atoms with Gasteiger partial charge in [0.1, 0.15) is 11.5 Å². The van der Waals surface area contributed by atoms with Gasteiger partial charge in [-0.15, -0.1) is 12.4 Å². The number of methoxy groups -OCH3 is 2. The van der Waals surface area contributed by atoms with Gasteiger partial charge in [-0.2, -0.15) is 0 Å². The van der Waals surface area contributed by atoms with Crippen molar-refractivity contribution in [1.82, 2.24) is 9.55 Å². The van der Waals surface area contributed by atoms with Gasteiger partial charge in [0.25, 0.3) is 5.56 Å². The van der Waals surface area contributed by atoms with Crippen LogP contribution in [0.5, 0.6) is 11.5 Å². The summed E-state index contributed by atoms with van der Waals surface area (Å²) in [5.41, 5.74) is 7.70. The van der Waals surface area contributed by atoms with E-state index in [-0.39, 0.29) is 18.0 Å². The molecule has 0 atom stereocenters. The fraction of sp³-hybridized carbons (Fsp3) is 0.333. The average Bonchev–Trinajstić information content (AvgIpc) is 2.49. The fourth-order valence-electron chi connectivity index (χ4n) is 2.35. The minimum absolute atomic E-state index is 0. The molecular formula is C15H20ClN3O3S. The van der Waals surface area contributed by atoms with Crippen molar-refractivity contribution in [2.24, 2.45) is 5.73 Å². The van der Waals surface area contributed by atoms with E-state index in [1.807, 2.05) is 19.1 Å². The summed E-state index contributed by atoms with van der Waals surface area (Å²) in [6, 6.07) is 5.19. The van der Waals surface area contributed by atoms with E-state index in [1.165, 1.54) is 6.07 Å². The smallest absolute Gasteiger partial charge is 0.252 e. The third kappa shape index (κ3) is 3.93. The summed E-state index contributed by atoms with van der Waals surface area (Å²) in [5.74, 6) is 1.35. The summed E-state index contributed by atoms with van der Waals surface area (Å²) in [5, 5.41) is 0. The maximum atomic E-state index is 11.8. The quantitative estimate of drug-likeness (QED) is 0.802. The molecule has 1 heterocycles. The number of rotatable bonds is 5. The Hall–Kier alpha value is -1.83. The van der Waals surface area contributed by atoms with Gasteiger partial charge in [0.05, 0.1) is 19.9 Å². The van der Waals surface area contributed by atoms with E-state index in [2.05, 4.69) is 4.98 Å². The average molecular weight is 358 g/mol. The predicted molar refractivity (Wildman–Crippen MR) is 95.5 cm³/mol. The van der Waals surface area contributed by atoms with Gasteiger partial charge in [0.2, 0.25) is 0 Å². The number of ether oxygens (including phenoxy) is 2. The number of aromatic nitrogens is 2. The highest BCUT2D eigenvalue weighted by Crippen LogP contribution is 2.35. The SMILES string of the molecule is COc1cc(-c2cc(=O)[nH]c(=S)n2CCN)c(OC)cc1C.Cl. The molecule has 0 aliphatic heterocycles. The molecule has 0 unspecified atom stereocenters. The number of hydrogen-bond acceptors (Lipinski definition) is 5. The third-order valence-electron chi connectivity index (χ3n) is 3.38. The molecule has 8 heteroatoms. The molecule has 0 saturated carbocycles. The molecule has 0 amide bonds. The number of H-pyrrole nitrogens is 1. The Morgan fingerprint density at radius 3 is 2.43 bits per heavy atom. The van der Waals surface area contributed by atoms with Gasteiger partial charge in [-0.05, 0) is 36.8 Å². The number of halogens is 1. The maximum absolute atomic E-state index is 11.8. The zero-order valence-electron chi connectivity index (χ0n) is 13.2. The summed E-state index contributed by atoms with van der Waals surface area (Å²) in [6.45, 7) is 2.82. The van der Waals surface area contributed by atoms with Crippen molar-refractivity contribution in [3.63, 3.8) is 0 Å². The summed E-state index contributed by atoms with van der Waals surface area (Å²) >= 11 is 5.24. The lowest BCUT2D eigenvalue weighted by Crippen LogP contribution is -2.19. The first kappa shape index (κ1) is 19.2. The van der Waals surface area contributed by atoms with Crippen LogP contribution in [-0.2, 0) is 6.54 Å². The normalized spacial score (nSPS) is 10.1. The Balaban J connectivity index is 0.00000264. The molecule has 3 N–H and O–H groups in total.